The molecule has 8 heteroatoms. The van der Waals surface area contributed by atoms with E-state index in [-0.39, 0.29) is 0 Å². The Morgan fingerprint density at radius 3 is 2.65 bits per heavy atom. The number of aromatic nitrogens is 2. The fourth-order valence-electron chi connectivity index (χ4n) is 2.69. The molecule has 126 valence electrons. The van der Waals surface area contributed by atoms with E-state index >= 15 is 0 Å². The van der Waals surface area contributed by atoms with E-state index in [2.05, 4.69) is 25.1 Å². The van der Waals surface area contributed by atoms with Gasteiger partial charge in [-0.3, -0.25) is 0 Å². The lowest BCUT2D eigenvalue weighted by Gasteiger charge is -2.31. The first-order valence-electron chi connectivity index (χ1n) is 8.12. The number of morpholine rings is 1. The molecule has 1 N–H and O–H groups in total. The summed E-state index contributed by atoms with van der Waals surface area (Å²) in [5.41, 5.74) is 0.317. The number of hydrogen-bond acceptors (Lipinski definition) is 8. The number of carbonyl (C=O) groups is 1. The summed E-state index contributed by atoms with van der Waals surface area (Å²) in [7, 11) is 0. The smallest absolute Gasteiger partial charge is 0.357 e. The van der Waals surface area contributed by atoms with Gasteiger partial charge in [-0.1, -0.05) is 0 Å². The number of hydrogen-bond donors (Lipinski definition) is 1. The summed E-state index contributed by atoms with van der Waals surface area (Å²) in [6.45, 7) is 8.42. The predicted octanol–water partition coefficient (Wildman–Crippen LogP) is -0.100. The van der Waals surface area contributed by atoms with Crippen molar-refractivity contribution in [2.75, 3.05) is 68.9 Å². The predicted molar refractivity (Wildman–Crippen MR) is 86.1 cm³/mol. The lowest BCUT2D eigenvalue weighted by atomic mass is 10.3. The molecule has 0 aromatic carbocycles. The molecule has 0 unspecified atom stereocenters. The summed E-state index contributed by atoms with van der Waals surface area (Å²) < 4.78 is 10.5. The van der Waals surface area contributed by atoms with Crippen LogP contribution < -0.4 is 15.1 Å². The van der Waals surface area contributed by atoms with Crippen LogP contribution in [0.4, 0.5) is 11.8 Å². The van der Waals surface area contributed by atoms with Gasteiger partial charge in [-0.05, 0) is 6.92 Å². The standard InChI is InChI=1S/C15H23N5O3/c1-2-23-14(21)12-11-13(19-5-3-16-4-6-19)18-15(17-12)20-7-9-22-10-8-20/h11,16H,2-10H2,1H3. The summed E-state index contributed by atoms with van der Waals surface area (Å²) in [5.74, 6) is 0.958. The molecule has 0 saturated carbocycles. The molecule has 1 aromatic heterocycles. The zero-order valence-electron chi connectivity index (χ0n) is 13.5. The maximum atomic E-state index is 12.1. The maximum Gasteiger partial charge on any atom is 0.357 e. The molecule has 0 bridgehead atoms. The Hall–Kier alpha value is -1.93. The molecular formula is C15H23N5O3. The third-order valence-electron chi connectivity index (χ3n) is 3.92. The summed E-state index contributed by atoms with van der Waals surface area (Å²) in [6.07, 6.45) is 0. The second-order valence-corrected chi connectivity index (χ2v) is 5.47. The van der Waals surface area contributed by atoms with Crippen LogP contribution in [-0.4, -0.2) is 75.0 Å². The van der Waals surface area contributed by atoms with Crippen LogP contribution in [0.5, 0.6) is 0 Å². The highest BCUT2D eigenvalue weighted by molar-refractivity contribution is 5.88. The van der Waals surface area contributed by atoms with Crippen molar-refractivity contribution >= 4 is 17.7 Å². The molecule has 0 spiro atoms. The Morgan fingerprint density at radius 2 is 1.96 bits per heavy atom. The Balaban J connectivity index is 1.90. The third-order valence-corrected chi connectivity index (χ3v) is 3.92. The van der Waals surface area contributed by atoms with Gasteiger partial charge in [0.1, 0.15) is 5.82 Å². The normalized spacial score (nSPS) is 18.8. The third kappa shape index (κ3) is 3.89. The van der Waals surface area contributed by atoms with Gasteiger partial charge in [-0.15, -0.1) is 0 Å². The topological polar surface area (TPSA) is 79.8 Å². The number of piperazine rings is 1. The van der Waals surface area contributed by atoms with Crippen LogP contribution in [0.2, 0.25) is 0 Å². The van der Waals surface area contributed by atoms with Crippen LogP contribution in [-0.2, 0) is 9.47 Å². The molecule has 0 aliphatic carbocycles. The van der Waals surface area contributed by atoms with Crippen LogP contribution in [0.3, 0.4) is 0 Å². The number of nitrogens with zero attached hydrogens (tertiary/aromatic N) is 4. The van der Waals surface area contributed by atoms with Crippen molar-refractivity contribution < 1.29 is 14.3 Å². The first-order chi connectivity index (χ1) is 11.3. The minimum absolute atomic E-state index is 0.317. The highest BCUT2D eigenvalue weighted by Gasteiger charge is 2.21. The Morgan fingerprint density at radius 1 is 1.22 bits per heavy atom. The second-order valence-electron chi connectivity index (χ2n) is 5.47. The number of anilines is 2. The SMILES string of the molecule is CCOC(=O)c1cc(N2CCNCC2)nc(N2CCOCC2)n1. The summed E-state index contributed by atoms with van der Waals surface area (Å²) in [4.78, 5) is 25.4. The van der Waals surface area contributed by atoms with E-state index in [4.69, 9.17) is 9.47 Å². The van der Waals surface area contributed by atoms with Gasteiger partial charge in [0.2, 0.25) is 5.95 Å². The minimum Gasteiger partial charge on any atom is -0.461 e. The zero-order valence-corrected chi connectivity index (χ0v) is 13.5. The second kappa shape index (κ2) is 7.56. The van der Waals surface area contributed by atoms with Gasteiger partial charge >= 0.3 is 5.97 Å². The van der Waals surface area contributed by atoms with E-state index in [1.165, 1.54) is 0 Å². The molecule has 2 fully saturated rings. The molecule has 8 nitrogen and oxygen atoms in total. The first kappa shape index (κ1) is 15.9. The number of nitrogens with one attached hydrogen (secondary N) is 1. The molecule has 0 atom stereocenters. The van der Waals surface area contributed by atoms with Crippen molar-refractivity contribution in [2.45, 2.75) is 6.92 Å². The van der Waals surface area contributed by atoms with Crippen LogP contribution >= 0.6 is 0 Å². The molecule has 1 aromatic rings. The van der Waals surface area contributed by atoms with E-state index in [1.807, 2.05) is 0 Å². The van der Waals surface area contributed by atoms with E-state index < -0.39 is 5.97 Å². The van der Waals surface area contributed by atoms with Crippen molar-refractivity contribution in [2.24, 2.45) is 0 Å². The van der Waals surface area contributed by atoms with Crippen molar-refractivity contribution in [1.29, 1.82) is 0 Å². The van der Waals surface area contributed by atoms with Gasteiger partial charge < -0.3 is 24.6 Å². The van der Waals surface area contributed by atoms with Gasteiger partial charge in [0.15, 0.2) is 5.69 Å². The summed E-state index contributed by atoms with van der Waals surface area (Å²) in [5, 5.41) is 3.32. The molecular weight excluding hydrogens is 298 g/mol. The Kier molecular flexibility index (Phi) is 5.24. The molecule has 0 radical (unpaired) electrons. The van der Waals surface area contributed by atoms with E-state index in [9.17, 15) is 4.79 Å². The van der Waals surface area contributed by atoms with E-state index in [0.717, 1.165) is 45.1 Å². The van der Waals surface area contributed by atoms with Gasteiger partial charge in [-0.25, -0.2) is 9.78 Å². The molecule has 3 heterocycles. The van der Waals surface area contributed by atoms with Gasteiger partial charge in [0, 0.05) is 45.3 Å². The quantitative estimate of drug-likeness (QED) is 0.770. The molecule has 2 saturated heterocycles. The molecule has 2 aliphatic heterocycles. The fourth-order valence-corrected chi connectivity index (χ4v) is 2.69. The number of carbonyl (C=O) groups excluding carboxylic acids is 1. The number of ether oxygens (including phenoxy) is 2. The highest BCUT2D eigenvalue weighted by atomic mass is 16.5. The average molecular weight is 321 g/mol. The van der Waals surface area contributed by atoms with E-state index in [1.54, 1.807) is 13.0 Å². The van der Waals surface area contributed by atoms with Crippen LogP contribution in [0.15, 0.2) is 6.07 Å². The van der Waals surface area contributed by atoms with Crippen molar-refractivity contribution in [1.82, 2.24) is 15.3 Å². The summed E-state index contributed by atoms with van der Waals surface area (Å²) in [6, 6.07) is 1.73. The van der Waals surface area contributed by atoms with Crippen LogP contribution in [0, 0.1) is 0 Å². The van der Waals surface area contributed by atoms with Gasteiger partial charge in [0.05, 0.1) is 19.8 Å². The molecule has 2 aliphatic rings. The molecule has 23 heavy (non-hydrogen) atoms. The Labute approximate surface area is 135 Å². The maximum absolute atomic E-state index is 12.1. The van der Waals surface area contributed by atoms with Crippen LogP contribution in [0.1, 0.15) is 17.4 Å². The fraction of sp³-hybridized carbons (Fsp3) is 0.667. The zero-order chi connectivity index (χ0) is 16.1. The van der Waals surface area contributed by atoms with E-state index in [0.29, 0.717) is 31.5 Å². The molecule has 3 rings (SSSR count). The largest absolute Gasteiger partial charge is 0.461 e. The first-order valence-corrected chi connectivity index (χ1v) is 8.12. The van der Waals surface area contributed by atoms with Crippen LogP contribution in [0.25, 0.3) is 0 Å². The minimum atomic E-state index is -0.402. The number of rotatable bonds is 4. The van der Waals surface area contributed by atoms with Gasteiger partial charge in [-0.2, -0.15) is 4.98 Å². The highest BCUT2D eigenvalue weighted by Crippen LogP contribution is 2.19. The lowest BCUT2D eigenvalue weighted by Crippen LogP contribution is -2.44. The monoisotopic (exact) mass is 321 g/mol. The van der Waals surface area contributed by atoms with Gasteiger partial charge in [0.25, 0.3) is 0 Å². The van der Waals surface area contributed by atoms with Crippen molar-refractivity contribution in [3.63, 3.8) is 0 Å². The number of esters is 1. The average Bonchev–Trinajstić information content (AvgIpc) is 2.63. The Bertz CT molecular complexity index is 506. The molecule has 0 amide bonds. The van der Waals surface area contributed by atoms with Crippen molar-refractivity contribution in [3.8, 4) is 0 Å². The van der Waals surface area contributed by atoms with Crippen molar-refractivity contribution in [3.05, 3.63) is 11.8 Å². The lowest BCUT2D eigenvalue weighted by molar-refractivity contribution is 0.0519. The summed E-state index contributed by atoms with van der Waals surface area (Å²) >= 11 is 0.